The number of halogens is 1. The fourth-order valence-electron chi connectivity index (χ4n) is 2.01. The van der Waals surface area contributed by atoms with Gasteiger partial charge in [0.1, 0.15) is 5.75 Å². The van der Waals surface area contributed by atoms with Crippen molar-refractivity contribution in [2.75, 3.05) is 19.9 Å². The molecule has 0 saturated heterocycles. The molecule has 0 radical (unpaired) electrons. The summed E-state index contributed by atoms with van der Waals surface area (Å²) in [6.07, 6.45) is 0. The number of nitrogen functional groups attached to an aromatic ring is 1. The van der Waals surface area contributed by atoms with Gasteiger partial charge in [-0.2, -0.15) is 0 Å². The number of ether oxygens (including phenoxy) is 1. The second kappa shape index (κ2) is 6.63. The Bertz CT molecular complexity index is 641. The Morgan fingerprint density at radius 3 is 2.48 bits per heavy atom. The number of nitrogens with two attached hydrogens (primary N) is 1. The SMILES string of the molecule is COc1ccc(CN(C)C(=O)c2ccc(Br)cc2N)cc1. The Balaban J connectivity index is 2.11. The first-order chi connectivity index (χ1) is 10.0. The zero-order chi connectivity index (χ0) is 15.4. The van der Waals surface area contributed by atoms with Crippen LogP contribution in [0.4, 0.5) is 5.69 Å². The van der Waals surface area contributed by atoms with Crippen molar-refractivity contribution in [1.29, 1.82) is 0 Å². The molecule has 0 unspecified atom stereocenters. The van der Waals surface area contributed by atoms with Gasteiger partial charge < -0.3 is 15.4 Å². The molecule has 2 rings (SSSR count). The van der Waals surface area contributed by atoms with Crippen molar-refractivity contribution in [2.24, 2.45) is 0 Å². The van der Waals surface area contributed by atoms with Crippen molar-refractivity contribution < 1.29 is 9.53 Å². The van der Waals surface area contributed by atoms with Gasteiger partial charge in [-0.25, -0.2) is 0 Å². The van der Waals surface area contributed by atoms with Gasteiger partial charge in [-0.1, -0.05) is 28.1 Å². The standard InChI is InChI=1S/C16H17BrN2O2/c1-19(10-11-3-6-13(21-2)7-4-11)16(20)14-8-5-12(17)9-15(14)18/h3-9H,10,18H2,1-2H3. The number of hydrogen-bond donors (Lipinski definition) is 1. The van der Waals surface area contributed by atoms with Crippen molar-refractivity contribution in [3.05, 3.63) is 58.1 Å². The molecule has 0 heterocycles. The maximum atomic E-state index is 12.4. The Hall–Kier alpha value is -2.01. The second-order valence-corrected chi connectivity index (χ2v) is 5.66. The first-order valence-corrected chi connectivity index (χ1v) is 7.24. The molecule has 0 atom stereocenters. The number of methoxy groups -OCH3 is 1. The average Bonchev–Trinajstić information content (AvgIpc) is 2.47. The molecule has 0 bridgehead atoms. The molecule has 2 aromatic rings. The van der Waals surface area contributed by atoms with Crippen LogP contribution in [0.5, 0.6) is 5.75 Å². The highest BCUT2D eigenvalue weighted by atomic mass is 79.9. The highest BCUT2D eigenvalue weighted by molar-refractivity contribution is 9.10. The van der Waals surface area contributed by atoms with Crippen LogP contribution < -0.4 is 10.5 Å². The Morgan fingerprint density at radius 2 is 1.90 bits per heavy atom. The van der Waals surface area contributed by atoms with Crippen LogP contribution in [-0.2, 0) is 6.54 Å². The number of carbonyl (C=O) groups excluding carboxylic acids is 1. The van der Waals surface area contributed by atoms with Crippen LogP contribution >= 0.6 is 15.9 Å². The summed E-state index contributed by atoms with van der Waals surface area (Å²) < 4.78 is 5.97. The lowest BCUT2D eigenvalue weighted by molar-refractivity contribution is 0.0786. The van der Waals surface area contributed by atoms with Crippen LogP contribution in [0.3, 0.4) is 0 Å². The summed E-state index contributed by atoms with van der Waals surface area (Å²) >= 11 is 3.33. The average molecular weight is 349 g/mol. The molecular formula is C16H17BrN2O2. The van der Waals surface area contributed by atoms with E-state index in [0.29, 0.717) is 17.8 Å². The monoisotopic (exact) mass is 348 g/mol. The van der Waals surface area contributed by atoms with Crippen molar-refractivity contribution in [2.45, 2.75) is 6.54 Å². The molecule has 1 amide bonds. The highest BCUT2D eigenvalue weighted by Gasteiger charge is 2.15. The summed E-state index contributed by atoms with van der Waals surface area (Å²) in [4.78, 5) is 14.1. The summed E-state index contributed by atoms with van der Waals surface area (Å²) in [6, 6.07) is 12.9. The molecule has 0 aliphatic rings. The molecule has 2 N–H and O–H groups in total. The van der Waals surface area contributed by atoms with Gasteiger partial charge in [-0.3, -0.25) is 4.79 Å². The third kappa shape index (κ3) is 3.76. The second-order valence-electron chi connectivity index (χ2n) is 4.74. The number of nitrogens with zero attached hydrogens (tertiary/aromatic N) is 1. The summed E-state index contributed by atoms with van der Waals surface area (Å²) in [5.74, 6) is 0.695. The highest BCUT2D eigenvalue weighted by Crippen LogP contribution is 2.20. The van der Waals surface area contributed by atoms with E-state index >= 15 is 0 Å². The van der Waals surface area contributed by atoms with E-state index in [-0.39, 0.29) is 5.91 Å². The summed E-state index contributed by atoms with van der Waals surface area (Å²) in [6.45, 7) is 0.512. The van der Waals surface area contributed by atoms with E-state index in [1.54, 1.807) is 31.2 Å². The maximum Gasteiger partial charge on any atom is 0.255 e. The summed E-state index contributed by atoms with van der Waals surface area (Å²) in [7, 11) is 3.38. The van der Waals surface area contributed by atoms with E-state index < -0.39 is 0 Å². The molecule has 0 fully saturated rings. The van der Waals surface area contributed by atoms with Gasteiger partial charge >= 0.3 is 0 Å². The molecule has 110 valence electrons. The van der Waals surface area contributed by atoms with Crippen LogP contribution in [0, 0.1) is 0 Å². The van der Waals surface area contributed by atoms with E-state index in [0.717, 1.165) is 15.8 Å². The minimum Gasteiger partial charge on any atom is -0.497 e. The normalized spacial score (nSPS) is 10.2. The largest absolute Gasteiger partial charge is 0.497 e. The van der Waals surface area contributed by atoms with Gasteiger partial charge in [-0.05, 0) is 35.9 Å². The van der Waals surface area contributed by atoms with Crippen molar-refractivity contribution in [3.8, 4) is 5.75 Å². The third-order valence-corrected chi connectivity index (χ3v) is 3.66. The summed E-state index contributed by atoms with van der Waals surface area (Å²) in [5.41, 5.74) is 7.90. The number of hydrogen-bond acceptors (Lipinski definition) is 3. The third-order valence-electron chi connectivity index (χ3n) is 3.17. The molecule has 4 nitrogen and oxygen atoms in total. The first kappa shape index (κ1) is 15.4. The minimum atomic E-state index is -0.101. The molecule has 0 saturated carbocycles. The van der Waals surface area contributed by atoms with Crippen LogP contribution in [0.25, 0.3) is 0 Å². The van der Waals surface area contributed by atoms with Crippen molar-refractivity contribution in [3.63, 3.8) is 0 Å². The zero-order valence-corrected chi connectivity index (χ0v) is 13.6. The van der Waals surface area contributed by atoms with E-state index in [1.165, 1.54) is 0 Å². The fraction of sp³-hybridized carbons (Fsp3) is 0.188. The quantitative estimate of drug-likeness (QED) is 0.862. The zero-order valence-electron chi connectivity index (χ0n) is 12.0. The molecule has 0 aliphatic heterocycles. The van der Waals surface area contributed by atoms with E-state index in [1.807, 2.05) is 30.3 Å². The van der Waals surface area contributed by atoms with Crippen LogP contribution in [0.2, 0.25) is 0 Å². The number of benzene rings is 2. The molecule has 0 spiro atoms. The lowest BCUT2D eigenvalue weighted by atomic mass is 10.1. The van der Waals surface area contributed by atoms with Gasteiger partial charge in [0.25, 0.3) is 5.91 Å². The predicted octanol–water partition coefficient (Wildman–Crippen LogP) is 3.31. The van der Waals surface area contributed by atoms with E-state index in [2.05, 4.69) is 15.9 Å². The minimum absolute atomic E-state index is 0.101. The van der Waals surface area contributed by atoms with E-state index in [4.69, 9.17) is 10.5 Å². The van der Waals surface area contributed by atoms with Gasteiger partial charge in [0.05, 0.1) is 12.7 Å². The van der Waals surface area contributed by atoms with E-state index in [9.17, 15) is 4.79 Å². The van der Waals surface area contributed by atoms with Gasteiger partial charge in [0.15, 0.2) is 0 Å². The van der Waals surface area contributed by atoms with Crippen LogP contribution in [0.1, 0.15) is 15.9 Å². The lowest BCUT2D eigenvalue weighted by Crippen LogP contribution is -2.26. The van der Waals surface area contributed by atoms with Gasteiger partial charge in [-0.15, -0.1) is 0 Å². The first-order valence-electron chi connectivity index (χ1n) is 6.44. The maximum absolute atomic E-state index is 12.4. The number of amides is 1. The number of carbonyl (C=O) groups is 1. The van der Waals surface area contributed by atoms with Gasteiger partial charge in [0.2, 0.25) is 0 Å². The van der Waals surface area contributed by atoms with Crippen molar-refractivity contribution >= 4 is 27.5 Å². The molecule has 5 heteroatoms. The Kier molecular flexibility index (Phi) is 4.85. The molecule has 21 heavy (non-hydrogen) atoms. The lowest BCUT2D eigenvalue weighted by Gasteiger charge is -2.18. The van der Waals surface area contributed by atoms with Crippen LogP contribution in [0.15, 0.2) is 46.9 Å². The molecule has 2 aromatic carbocycles. The fourth-order valence-corrected chi connectivity index (χ4v) is 2.39. The smallest absolute Gasteiger partial charge is 0.255 e. The van der Waals surface area contributed by atoms with Crippen LogP contribution in [-0.4, -0.2) is 25.0 Å². The predicted molar refractivity (Wildman–Crippen MR) is 87.3 cm³/mol. The topological polar surface area (TPSA) is 55.6 Å². The Labute approximate surface area is 132 Å². The molecule has 0 aliphatic carbocycles. The van der Waals surface area contributed by atoms with Gasteiger partial charge in [0, 0.05) is 23.8 Å². The Morgan fingerprint density at radius 1 is 1.24 bits per heavy atom. The molecular weight excluding hydrogens is 332 g/mol. The van der Waals surface area contributed by atoms with Crippen molar-refractivity contribution in [1.82, 2.24) is 4.90 Å². The number of anilines is 1. The molecule has 0 aromatic heterocycles. The summed E-state index contributed by atoms with van der Waals surface area (Å²) in [5, 5.41) is 0. The number of rotatable bonds is 4.